The molecule has 3 heterocycles. The summed E-state index contributed by atoms with van der Waals surface area (Å²) in [5.74, 6) is 0. The molecule has 0 aliphatic carbocycles. The summed E-state index contributed by atoms with van der Waals surface area (Å²) in [4.78, 5) is 13.4. The van der Waals surface area contributed by atoms with Gasteiger partial charge in [0, 0.05) is 18.6 Å². The minimum absolute atomic E-state index is 0. The van der Waals surface area contributed by atoms with E-state index in [0.717, 1.165) is 39.3 Å². The SMILES string of the molecule is Cc1[c-]c(-c2nccc3c2ccc2ccccc23)cc(C)c1.Cc1cc[c-]c(-c2nccc3c2ccc2ccccc23)c1.[Ir+3].[c-]1ccccc1-c1ccccn1. The fraction of sp³-hybridized carbons (Fsp3) is 0.0577. The van der Waals surface area contributed by atoms with Crippen LogP contribution in [0.3, 0.4) is 0 Å². The topological polar surface area (TPSA) is 38.7 Å². The third kappa shape index (κ3) is 8.33. The van der Waals surface area contributed by atoms with Gasteiger partial charge in [0.05, 0.1) is 0 Å². The van der Waals surface area contributed by atoms with Gasteiger partial charge in [0.2, 0.25) is 0 Å². The zero-order chi connectivity index (χ0) is 37.6. The van der Waals surface area contributed by atoms with Gasteiger partial charge >= 0.3 is 20.1 Å². The second kappa shape index (κ2) is 17.4. The van der Waals surface area contributed by atoms with Crippen molar-refractivity contribution in [3.8, 4) is 33.8 Å². The van der Waals surface area contributed by atoms with Crippen LogP contribution in [-0.2, 0) is 20.1 Å². The summed E-state index contributed by atoms with van der Waals surface area (Å²) in [6.45, 7) is 6.29. The molecule has 10 aromatic rings. The van der Waals surface area contributed by atoms with E-state index in [4.69, 9.17) is 0 Å². The smallest absolute Gasteiger partial charge is 0.305 e. The molecule has 0 bridgehead atoms. The van der Waals surface area contributed by atoms with Crippen LogP contribution in [0, 0.1) is 39.0 Å². The summed E-state index contributed by atoms with van der Waals surface area (Å²) < 4.78 is 0. The van der Waals surface area contributed by atoms with Crippen LogP contribution < -0.4 is 0 Å². The number of pyridine rings is 3. The van der Waals surface area contributed by atoms with Crippen molar-refractivity contribution in [2.45, 2.75) is 20.8 Å². The Labute approximate surface area is 342 Å². The quantitative estimate of drug-likeness (QED) is 0.131. The van der Waals surface area contributed by atoms with Crippen LogP contribution in [0.15, 0.2) is 176 Å². The maximum absolute atomic E-state index is 4.63. The second-order valence-electron chi connectivity index (χ2n) is 13.6. The van der Waals surface area contributed by atoms with Crippen LogP contribution >= 0.6 is 0 Å². The van der Waals surface area contributed by atoms with Crippen LogP contribution in [0.1, 0.15) is 16.7 Å². The van der Waals surface area contributed by atoms with Gasteiger partial charge in [-0.25, -0.2) is 0 Å². The number of aryl methyl sites for hydroxylation is 3. The molecule has 0 fully saturated rings. The Morgan fingerprint density at radius 2 is 0.982 bits per heavy atom. The molecule has 0 N–H and O–H groups in total. The third-order valence-corrected chi connectivity index (χ3v) is 9.61. The predicted octanol–water partition coefficient (Wildman–Crippen LogP) is 13.2. The van der Waals surface area contributed by atoms with Crippen molar-refractivity contribution >= 4 is 43.1 Å². The van der Waals surface area contributed by atoms with Crippen LogP contribution in [-0.4, -0.2) is 15.0 Å². The van der Waals surface area contributed by atoms with Crippen LogP contribution in [0.25, 0.3) is 76.9 Å². The number of nitrogens with zero attached hydrogens (tertiary/aromatic N) is 3. The summed E-state index contributed by atoms with van der Waals surface area (Å²) in [6, 6.07) is 63.9. The summed E-state index contributed by atoms with van der Waals surface area (Å²) >= 11 is 0. The molecular formula is C52H38IrN3. The van der Waals surface area contributed by atoms with Gasteiger partial charge in [0.25, 0.3) is 0 Å². The largest absolute Gasteiger partial charge is 3.00 e. The average Bonchev–Trinajstić information content (AvgIpc) is 3.24. The Hall–Kier alpha value is -6.32. The maximum Gasteiger partial charge on any atom is 3.00 e. The molecule has 0 aliphatic heterocycles. The van der Waals surface area contributed by atoms with Crippen LogP contribution in [0.4, 0.5) is 0 Å². The van der Waals surface area contributed by atoms with E-state index in [-0.39, 0.29) is 20.1 Å². The van der Waals surface area contributed by atoms with Gasteiger partial charge < -0.3 is 15.0 Å². The van der Waals surface area contributed by atoms with Crippen molar-refractivity contribution < 1.29 is 20.1 Å². The number of hydrogen-bond acceptors (Lipinski definition) is 3. The molecular weight excluding hydrogens is 859 g/mol. The van der Waals surface area contributed by atoms with Gasteiger partial charge in [0.15, 0.2) is 0 Å². The summed E-state index contributed by atoms with van der Waals surface area (Å²) in [5.41, 5.74) is 9.76. The standard InChI is InChI=1S/C21H16N.C20H14N.C11H8N.Ir/c1-14-11-15(2)13-17(12-14)21-20-8-7-16-5-3-4-6-18(16)19(20)9-10-22-21;1-14-5-4-7-16(13-14)20-19-10-9-15-6-2-3-8-17(15)18(19)11-12-21-20;1-2-6-10(7-3-1)11-8-4-5-9-12-11;/h3-12H,1-2H3;2-6,8-13H,1H3;1-6,8-9H;/q3*-1;+3. The first-order valence-corrected chi connectivity index (χ1v) is 18.4. The molecule has 0 saturated heterocycles. The minimum atomic E-state index is 0. The van der Waals surface area contributed by atoms with Crippen molar-refractivity contribution in [2.75, 3.05) is 0 Å². The second-order valence-corrected chi connectivity index (χ2v) is 13.6. The van der Waals surface area contributed by atoms with E-state index >= 15 is 0 Å². The van der Waals surface area contributed by atoms with Crippen molar-refractivity contribution in [2.24, 2.45) is 0 Å². The molecule has 3 aromatic heterocycles. The Bertz CT molecular complexity index is 2850. The van der Waals surface area contributed by atoms with Gasteiger partial charge in [-0.15, -0.1) is 106 Å². The number of hydrogen-bond donors (Lipinski definition) is 0. The van der Waals surface area contributed by atoms with Gasteiger partial charge in [-0.1, -0.05) is 106 Å². The Morgan fingerprint density at radius 1 is 0.393 bits per heavy atom. The molecule has 0 saturated carbocycles. The Balaban J connectivity index is 0.000000133. The molecule has 0 unspecified atom stereocenters. The first-order valence-electron chi connectivity index (χ1n) is 18.4. The first kappa shape index (κ1) is 38.0. The van der Waals surface area contributed by atoms with E-state index in [9.17, 15) is 0 Å². The zero-order valence-corrected chi connectivity index (χ0v) is 33.8. The summed E-state index contributed by atoms with van der Waals surface area (Å²) in [7, 11) is 0. The summed E-state index contributed by atoms with van der Waals surface area (Å²) in [5, 5.41) is 9.91. The number of rotatable bonds is 3. The van der Waals surface area contributed by atoms with Crippen molar-refractivity contribution in [1.29, 1.82) is 0 Å². The van der Waals surface area contributed by atoms with E-state index in [1.165, 1.54) is 54.2 Å². The molecule has 7 aromatic carbocycles. The molecule has 10 rings (SSSR count). The van der Waals surface area contributed by atoms with Crippen LogP contribution in [0.5, 0.6) is 0 Å². The number of benzene rings is 7. The molecule has 270 valence electrons. The Morgan fingerprint density at radius 3 is 1.57 bits per heavy atom. The molecule has 0 amide bonds. The van der Waals surface area contributed by atoms with E-state index in [1.807, 2.05) is 60.9 Å². The fourth-order valence-corrected chi connectivity index (χ4v) is 7.12. The maximum atomic E-state index is 4.63. The molecule has 0 atom stereocenters. The van der Waals surface area contributed by atoms with E-state index in [1.54, 1.807) is 6.20 Å². The average molecular weight is 897 g/mol. The summed E-state index contributed by atoms with van der Waals surface area (Å²) in [6.07, 6.45) is 5.58. The van der Waals surface area contributed by atoms with Crippen molar-refractivity contribution in [3.05, 3.63) is 211 Å². The molecule has 56 heavy (non-hydrogen) atoms. The first-order chi connectivity index (χ1) is 27.0. The number of fused-ring (bicyclic) bond motifs is 6. The molecule has 0 radical (unpaired) electrons. The normalized spacial score (nSPS) is 10.6. The van der Waals surface area contributed by atoms with Crippen molar-refractivity contribution in [1.82, 2.24) is 15.0 Å². The molecule has 4 heteroatoms. The van der Waals surface area contributed by atoms with Gasteiger partial charge in [-0.2, -0.15) is 0 Å². The van der Waals surface area contributed by atoms with E-state index in [0.29, 0.717) is 0 Å². The predicted molar refractivity (Wildman–Crippen MR) is 230 cm³/mol. The van der Waals surface area contributed by atoms with Crippen LogP contribution in [0.2, 0.25) is 0 Å². The fourth-order valence-electron chi connectivity index (χ4n) is 7.12. The minimum Gasteiger partial charge on any atom is -0.305 e. The van der Waals surface area contributed by atoms with E-state index in [2.05, 4.69) is 163 Å². The number of aromatic nitrogens is 3. The molecule has 0 aliphatic rings. The Kier molecular flexibility index (Phi) is 11.8. The third-order valence-electron chi connectivity index (χ3n) is 9.61. The zero-order valence-electron chi connectivity index (χ0n) is 31.4. The molecule has 0 spiro atoms. The van der Waals surface area contributed by atoms with Crippen molar-refractivity contribution in [3.63, 3.8) is 0 Å². The van der Waals surface area contributed by atoms with Gasteiger partial charge in [-0.05, 0) is 78.4 Å². The van der Waals surface area contributed by atoms with Gasteiger partial charge in [0.1, 0.15) is 0 Å². The molecule has 3 nitrogen and oxygen atoms in total. The van der Waals surface area contributed by atoms with E-state index < -0.39 is 0 Å². The van der Waals surface area contributed by atoms with Gasteiger partial charge in [-0.3, -0.25) is 0 Å². The monoisotopic (exact) mass is 897 g/mol.